The van der Waals surface area contributed by atoms with Gasteiger partial charge in [0.25, 0.3) is 0 Å². The van der Waals surface area contributed by atoms with Crippen LogP contribution in [0, 0.1) is 0 Å². The molecule has 8 aromatic carbocycles. The van der Waals surface area contributed by atoms with Gasteiger partial charge < -0.3 is 4.90 Å². The molecular weight excluding hydrogens is 697 g/mol. The molecule has 0 fully saturated rings. The van der Waals surface area contributed by atoms with Crippen molar-refractivity contribution >= 4 is 38.6 Å². The summed E-state index contributed by atoms with van der Waals surface area (Å²) in [5.41, 5.74) is 21.0. The molecule has 0 atom stereocenters. The molecular formula is C53H36N2S. The lowest BCUT2D eigenvalue weighted by Gasteiger charge is -2.32. The third kappa shape index (κ3) is 4.18. The molecule has 3 heteroatoms. The van der Waals surface area contributed by atoms with Gasteiger partial charge in [0.1, 0.15) is 5.01 Å². The van der Waals surface area contributed by atoms with Crippen LogP contribution in [0.3, 0.4) is 0 Å². The first kappa shape index (κ1) is 31.8. The summed E-state index contributed by atoms with van der Waals surface area (Å²) in [4.78, 5) is 7.67. The van der Waals surface area contributed by atoms with Crippen LogP contribution in [0.5, 0.6) is 0 Å². The first-order chi connectivity index (χ1) is 27.5. The van der Waals surface area contributed by atoms with Crippen LogP contribution in [0.2, 0.25) is 0 Å². The van der Waals surface area contributed by atoms with Crippen molar-refractivity contribution in [2.75, 3.05) is 4.90 Å². The smallest absolute Gasteiger partial charge is 0.124 e. The van der Waals surface area contributed by atoms with Crippen LogP contribution in [-0.4, -0.2) is 4.98 Å². The number of aromatic nitrogens is 1. The molecule has 0 saturated heterocycles. The van der Waals surface area contributed by atoms with E-state index in [0.29, 0.717) is 0 Å². The number of rotatable bonds is 4. The van der Waals surface area contributed by atoms with Crippen LogP contribution in [0.15, 0.2) is 182 Å². The van der Waals surface area contributed by atoms with E-state index in [1.807, 2.05) is 0 Å². The normalized spacial score (nSPS) is 14.5. The Balaban J connectivity index is 1.11. The minimum absolute atomic E-state index is 0.127. The van der Waals surface area contributed by atoms with Gasteiger partial charge in [-0.2, -0.15) is 0 Å². The molecule has 1 spiro atoms. The van der Waals surface area contributed by atoms with E-state index < -0.39 is 5.41 Å². The van der Waals surface area contributed by atoms with E-state index in [1.54, 1.807) is 11.3 Å². The van der Waals surface area contributed by atoms with Gasteiger partial charge in [-0.1, -0.05) is 153 Å². The Morgan fingerprint density at radius 3 is 1.46 bits per heavy atom. The maximum absolute atomic E-state index is 5.21. The van der Waals surface area contributed by atoms with Crippen molar-refractivity contribution in [1.29, 1.82) is 0 Å². The Hall–Kier alpha value is -6.55. The van der Waals surface area contributed by atoms with Crippen molar-refractivity contribution in [3.8, 4) is 44.0 Å². The van der Waals surface area contributed by atoms with Crippen molar-refractivity contribution in [3.05, 3.63) is 215 Å². The van der Waals surface area contributed by atoms with Crippen LogP contribution < -0.4 is 4.90 Å². The van der Waals surface area contributed by atoms with Gasteiger partial charge in [-0.05, 0) is 109 Å². The minimum atomic E-state index is -0.425. The Bertz CT molecular complexity index is 3020. The average molecular weight is 733 g/mol. The molecule has 3 aliphatic rings. The van der Waals surface area contributed by atoms with E-state index in [2.05, 4.69) is 201 Å². The van der Waals surface area contributed by atoms with E-state index in [0.717, 1.165) is 33.1 Å². The van der Waals surface area contributed by atoms with E-state index >= 15 is 0 Å². The number of nitrogens with zero attached hydrogens (tertiary/aromatic N) is 2. The van der Waals surface area contributed by atoms with Crippen LogP contribution in [0.4, 0.5) is 17.1 Å². The standard InChI is InChI=1S/C53H36N2S/c1-52(2)43-20-10-6-16-37(43)41-27-24-34(30-47(41)52)55(36-26-29-50-49(32-36)54-51(56-50)33-14-4-3-5-15-33)35-25-28-42-40-19-9-13-23-46(40)53(48(42)31-35)44-21-11-7-17-38(44)39-18-8-12-22-45(39)53/h3-32H,1-2H3. The first-order valence-electron chi connectivity index (χ1n) is 19.5. The minimum Gasteiger partial charge on any atom is -0.310 e. The number of hydrogen-bond donors (Lipinski definition) is 0. The van der Waals surface area contributed by atoms with Gasteiger partial charge in [-0.15, -0.1) is 11.3 Å². The average Bonchev–Trinajstić information content (AvgIpc) is 3.96. The summed E-state index contributed by atoms with van der Waals surface area (Å²) < 4.78 is 1.18. The highest BCUT2D eigenvalue weighted by Gasteiger charge is 2.51. The van der Waals surface area contributed by atoms with Gasteiger partial charge in [0.2, 0.25) is 0 Å². The van der Waals surface area contributed by atoms with Gasteiger partial charge in [0.05, 0.1) is 15.6 Å². The number of fused-ring (bicyclic) bond motifs is 14. The molecule has 0 radical (unpaired) electrons. The zero-order chi connectivity index (χ0) is 37.2. The molecule has 12 rings (SSSR count). The summed E-state index contributed by atoms with van der Waals surface area (Å²) in [5.74, 6) is 0. The van der Waals surface area contributed by atoms with E-state index in [4.69, 9.17) is 4.98 Å². The van der Waals surface area contributed by atoms with Gasteiger partial charge in [-0.3, -0.25) is 0 Å². The molecule has 0 amide bonds. The van der Waals surface area contributed by atoms with Crippen molar-refractivity contribution < 1.29 is 0 Å². The number of benzene rings is 8. The van der Waals surface area contributed by atoms with Gasteiger partial charge in [-0.25, -0.2) is 4.98 Å². The van der Waals surface area contributed by atoms with Crippen molar-refractivity contribution in [3.63, 3.8) is 0 Å². The Morgan fingerprint density at radius 1 is 0.411 bits per heavy atom. The second-order valence-electron chi connectivity index (χ2n) is 15.9. The number of anilines is 3. The zero-order valence-electron chi connectivity index (χ0n) is 31.1. The number of thiazole rings is 1. The molecule has 0 saturated carbocycles. The third-order valence-corrected chi connectivity index (χ3v) is 13.8. The maximum Gasteiger partial charge on any atom is 0.124 e. The van der Waals surface area contributed by atoms with E-state index in [9.17, 15) is 0 Å². The summed E-state index contributed by atoms with van der Waals surface area (Å²) in [5, 5.41) is 1.04. The third-order valence-electron chi connectivity index (χ3n) is 12.7. The highest BCUT2D eigenvalue weighted by molar-refractivity contribution is 7.21. The summed E-state index contributed by atoms with van der Waals surface area (Å²) in [6.45, 7) is 4.73. The lowest BCUT2D eigenvalue weighted by atomic mass is 9.70. The highest BCUT2D eigenvalue weighted by Crippen LogP contribution is 2.63. The van der Waals surface area contributed by atoms with Crippen LogP contribution >= 0.6 is 11.3 Å². The maximum atomic E-state index is 5.21. The molecule has 56 heavy (non-hydrogen) atoms. The van der Waals surface area contributed by atoms with Crippen LogP contribution in [0.1, 0.15) is 47.2 Å². The lowest BCUT2D eigenvalue weighted by Crippen LogP contribution is -2.26. The van der Waals surface area contributed by atoms with Crippen molar-refractivity contribution in [2.24, 2.45) is 0 Å². The van der Waals surface area contributed by atoms with Crippen LogP contribution in [0.25, 0.3) is 54.2 Å². The largest absolute Gasteiger partial charge is 0.310 e. The molecule has 0 unspecified atom stereocenters. The quantitative estimate of drug-likeness (QED) is 0.179. The second-order valence-corrected chi connectivity index (χ2v) is 16.9. The topological polar surface area (TPSA) is 16.1 Å². The van der Waals surface area contributed by atoms with Gasteiger partial charge >= 0.3 is 0 Å². The highest BCUT2D eigenvalue weighted by atomic mass is 32.1. The van der Waals surface area contributed by atoms with Crippen LogP contribution in [-0.2, 0) is 10.8 Å². The molecule has 1 aromatic heterocycles. The zero-order valence-corrected chi connectivity index (χ0v) is 31.9. The molecule has 3 aliphatic carbocycles. The fraction of sp³-hybridized carbons (Fsp3) is 0.0755. The Kier molecular flexibility index (Phi) is 6.52. The fourth-order valence-electron chi connectivity index (χ4n) is 10.3. The summed E-state index contributed by atoms with van der Waals surface area (Å²) in [6.07, 6.45) is 0. The molecule has 2 nitrogen and oxygen atoms in total. The predicted molar refractivity (Wildman–Crippen MR) is 234 cm³/mol. The first-order valence-corrected chi connectivity index (χ1v) is 20.3. The molecule has 0 aliphatic heterocycles. The molecule has 9 aromatic rings. The Morgan fingerprint density at radius 2 is 0.857 bits per heavy atom. The summed E-state index contributed by atoms with van der Waals surface area (Å²) >= 11 is 1.75. The molecule has 264 valence electrons. The summed E-state index contributed by atoms with van der Waals surface area (Å²) in [7, 11) is 0. The fourth-order valence-corrected chi connectivity index (χ4v) is 11.2. The molecule has 0 N–H and O–H groups in total. The molecule has 0 bridgehead atoms. The van der Waals surface area contributed by atoms with E-state index in [-0.39, 0.29) is 5.41 Å². The number of hydrogen-bond acceptors (Lipinski definition) is 3. The predicted octanol–water partition coefficient (Wildman–Crippen LogP) is 14.1. The summed E-state index contributed by atoms with van der Waals surface area (Å²) in [6, 6.07) is 67.7. The van der Waals surface area contributed by atoms with Crippen molar-refractivity contribution in [1.82, 2.24) is 4.98 Å². The lowest BCUT2D eigenvalue weighted by molar-refractivity contribution is 0.660. The SMILES string of the molecule is CC1(C)c2ccccc2-c2ccc(N(c3ccc4c(c3)C3(c5ccccc5-c5ccccc53)c3ccccc3-4)c3ccc4sc(-c5ccccc5)nc4c3)cc21. The van der Waals surface area contributed by atoms with Crippen molar-refractivity contribution in [2.45, 2.75) is 24.7 Å². The van der Waals surface area contributed by atoms with Gasteiger partial charge in [0, 0.05) is 28.0 Å². The van der Waals surface area contributed by atoms with E-state index in [1.165, 1.54) is 71.5 Å². The molecule has 1 heterocycles. The Labute approximate surface area is 331 Å². The van der Waals surface area contributed by atoms with Gasteiger partial charge in [0.15, 0.2) is 0 Å². The monoisotopic (exact) mass is 732 g/mol. The second kappa shape index (κ2) is 11.5.